The van der Waals surface area contributed by atoms with Crippen molar-refractivity contribution >= 4 is 5.97 Å². The van der Waals surface area contributed by atoms with Crippen LogP contribution in [0.15, 0.2) is 60.7 Å². The molecule has 1 aliphatic heterocycles. The normalized spacial score (nSPS) is 17.2. The van der Waals surface area contributed by atoms with Crippen molar-refractivity contribution in [2.75, 3.05) is 39.8 Å². The molecule has 0 amide bonds. The fraction of sp³-hybridized carbons (Fsp3) is 0.381. The Balaban J connectivity index is 1.66. The van der Waals surface area contributed by atoms with E-state index in [0.717, 1.165) is 43.8 Å². The highest BCUT2D eigenvalue weighted by molar-refractivity contribution is 5.70. The fourth-order valence-corrected chi connectivity index (χ4v) is 3.61. The van der Waals surface area contributed by atoms with Crippen molar-refractivity contribution in [1.29, 1.82) is 0 Å². The molecule has 0 spiro atoms. The largest absolute Gasteiger partial charge is 0.465 e. The second kappa shape index (κ2) is 8.28. The lowest BCUT2D eigenvalue weighted by molar-refractivity contribution is -0.938. The van der Waals surface area contributed by atoms with Crippen LogP contribution in [-0.4, -0.2) is 55.2 Å². The Hall–Kier alpha value is -2.17. The van der Waals surface area contributed by atoms with Gasteiger partial charge in [-0.1, -0.05) is 60.7 Å². The van der Waals surface area contributed by atoms with Gasteiger partial charge in [0.1, 0.15) is 6.54 Å². The molecule has 1 aliphatic rings. The van der Waals surface area contributed by atoms with Crippen molar-refractivity contribution < 1.29 is 14.0 Å². The van der Waals surface area contributed by atoms with Crippen LogP contribution in [-0.2, 0) is 22.6 Å². The summed E-state index contributed by atoms with van der Waals surface area (Å²) in [6.07, 6.45) is 0. The smallest absolute Gasteiger partial charge is 0.361 e. The number of methoxy groups -OCH3 is 1. The van der Waals surface area contributed by atoms with Crippen LogP contribution in [0.5, 0.6) is 0 Å². The van der Waals surface area contributed by atoms with E-state index in [1.54, 1.807) is 0 Å². The number of quaternary nitrogens is 1. The predicted octanol–water partition coefficient (Wildman–Crippen LogP) is 2.69. The first kappa shape index (κ1) is 17.6. The van der Waals surface area contributed by atoms with Gasteiger partial charge < -0.3 is 9.22 Å². The number of nitrogens with zero attached hydrogens (tertiary/aromatic N) is 2. The molecule has 1 fully saturated rings. The van der Waals surface area contributed by atoms with Crippen molar-refractivity contribution in [3.63, 3.8) is 0 Å². The van der Waals surface area contributed by atoms with Crippen LogP contribution in [0.4, 0.5) is 0 Å². The van der Waals surface area contributed by atoms with Crippen molar-refractivity contribution in [2.24, 2.45) is 0 Å². The third-order valence-electron chi connectivity index (χ3n) is 5.08. The molecule has 1 saturated heterocycles. The van der Waals surface area contributed by atoms with Gasteiger partial charge in [-0.3, -0.25) is 4.90 Å². The van der Waals surface area contributed by atoms with Gasteiger partial charge in [0, 0.05) is 25.2 Å². The van der Waals surface area contributed by atoms with Gasteiger partial charge >= 0.3 is 5.97 Å². The zero-order valence-corrected chi connectivity index (χ0v) is 14.9. The number of hydrogen-bond acceptors (Lipinski definition) is 3. The molecular weight excluding hydrogens is 312 g/mol. The molecule has 0 N–H and O–H groups in total. The molecule has 4 heteroatoms. The lowest BCUT2D eigenvalue weighted by atomic mass is 10.1. The number of carbonyl (C=O) groups excluding carboxylic acids is 1. The average molecular weight is 339 g/mol. The summed E-state index contributed by atoms with van der Waals surface area (Å²) < 4.78 is 5.75. The minimum atomic E-state index is -0.118. The van der Waals surface area contributed by atoms with Gasteiger partial charge in [0.15, 0.2) is 6.54 Å². The number of esters is 1. The summed E-state index contributed by atoms with van der Waals surface area (Å²) in [4.78, 5) is 14.5. The minimum Gasteiger partial charge on any atom is -0.465 e. The molecule has 3 rings (SSSR count). The van der Waals surface area contributed by atoms with Crippen LogP contribution < -0.4 is 0 Å². The van der Waals surface area contributed by atoms with E-state index in [1.807, 2.05) is 6.07 Å². The van der Waals surface area contributed by atoms with Gasteiger partial charge in [0.25, 0.3) is 0 Å². The van der Waals surface area contributed by atoms with E-state index in [9.17, 15) is 4.79 Å². The highest BCUT2D eigenvalue weighted by atomic mass is 16.5. The molecule has 0 bridgehead atoms. The van der Waals surface area contributed by atoms with Crippen molar-refractivity contribution in [2.45, 2.75) is 13.1 Å². The Bertz CT molecular complexity index is 665. The molecule has 4 nitrogen and oxygen atoms in total. The van der Waals surface area contributed by atoms with Gasteiger partial charge in [-0.05, 0) is 5.56 Å². The summed E-state index contributed by atoms with van der Waals surface area (Å²) in [6.45, 7) is 6.25. The first-order chi connectivity index (χ1) is 12.2. The van der Waals surface area contributed by atoms with Crippen LogP contribution in [0.25, 0.3) is 0 Å². The molecule has 2 aromatic rings. The number of benzene rings is 2. The first-order valence-electron chi connectivity index (χ1n) is 8.91. The minimum absolute atomic E-state index is 0.118. The number of ether oxygens (including phenoxy) is 1. The van der Waals surface area contributed by atoms with E-state index < -0.39 is 0 Å². The SMILES string of the molecule is COC(=O)C[N+]1(Cc2ccccc2)CCN(Cc2ccccc2)CC1. The van der Waals surface area contributed by atoms with Gasteiger partial charge in [0.2, 0.25) is 0 Å². The Labute approximate surface area is 150 Å². The Morgan fingerprint density at radius 2 is 1.52 bits per heavy atom. The second-order valence-electron chi connectivity index (χ2n) is 6.93. The maximum Gasteiger partial charge on any atom is 0.361 e. The molecule has 0 aliphatic carbocycles. The molecule has 0 aromatic heterocycles. The van der Waals surface area contributed by atoms with E-state index >= 15 is 0 Å². The summed E-state index contributed by atoms with van der Waals surface area (Å²) in [5, 5.41) is 0. The highest BCUT2D eigenvalue weighted by Crippen LogP contribution is 2.20. The van der Waals surface area contributed by atoms with Crippen LogP contribution in [0.1, 0.15) is 11.1 Å². The standard InChI is InChI=1S/C21H27N2O2/c1-25-21(24)18-23(17-20-10-6-3-7-11-20)14-12-22(13-15-23)16-19-8-4-2-5-9-19/h2-11H,12-18H2,1H3/q+1. The Kier molecular flexibility index (Phi) is 5.84. The van der Waals surface area contributed by atoms with Crippen molar-refractivity contribution in [3.8, 4) is 0 Å². The van der Waals surface area contributed by atoms with Gasteiger partial charge in [-0.2, -0.15) is 0 Å². The molecule has 2 aromatic carbocycles. The fourth-order valence-electron chi connectivity index (χ4n) is 3.61. The number of hydrogen-bond donors (Lipinski definition) is 0. The number of carbonyl (C=O) groups is 1. The summed E-state index contributed by atoms with van der Waals surface area (Å²) in [5.41, 5.74) is 2.63. The van der Waals surface area contributed by atoms with E-state index in [4.69, 9.17) is 4.74 Å². The zero-order chi connectivity index (χ0) is 17.5. The van der Waals surface area contributed by atoms with E-state index in [2.05, 4.69) is 59.5 Å². The maximum absolute atomic E-state index is 12.0. The summed E-state index contributed by atoms with van der Waals surface area (Å²) in [5.74, 6) is -0.118. The molecule has 0 saturated carbocycles. The third-order valence-corrected chi connectivity index (χ3v) is 5.08. The van der Waals surface area contributed by atoms with E-state index in [0.29, 0.717) is 6.54 Å². The highest BCUT2D eigenvalue weighted by Gasteiger charge is 2.35. The maximum atomic E-state index is 12.0. The topological polar surface area (TPSA) is 29.5 Å². The lowest BCUT2D eigenvalue weighted by Crippen LogP contribution is -2.60. The number of rotatable bonds is 6. The Morgan fingerprint density at radius 1 is 0.960 bits per heavy atom. The molecule has 25 heavy (non-hydrogen) atoms. The van der Waals surface area contributed by atoms with Crippen molar-refractivity contribution in [1.82, 2.24) is 4.90 Å². The quantitative estimate of drug-likeness (QED) is 0.599. The van der Waals surface area contributed by atoms with Gasteiger partial charge in [-0.15, -0.1) is 0 Å². The Morgan fingerprint density at radius 3 is 2.08 bits per heavy atom. The molecule has 1 heterocycles. The lowest BCUT2D eigenvalue weighted by Gasteiger charge is -2.44. The van der Waals surface area contributed by atoms with E-state index in [-0.39, 0.29) is 5.97 Å². The zero-order valence-electron chi connectivity index (χ0n) is 14.9. The van der Waals surface area contributed by atoms with Gasteiger partial charge in [-0.25, -0.2) is 4.79 Å². The number of piperazine rings is 1. The molecule has 132 valence electrons. The predicted molar refractivity (Wildman–Crippen MR) is 98.7 cm³/mol. The van der Waals surface area contributed by atoms with Crippen LogP contribution in [0, 0.1) is 0 Å². The van der Waals surface area contributed by atoms with Gasteiger partial charge in [0.05, 0.1) is 20.2 Å². The first-order valence-corrected chi connectivity index (χ1v) is 8.91. The molecule has 0 unspecified atom stereocenters. The van der Waals surface area contributed by atoms with Crippen molar-refractivity contribution in [3.05, 3.63) is 71.8 Å². The molecule has 0 atom stereocenters. The monoisotopic (exact) mass is 339 g/mol. The van der Waals surface area contributed by atoms with E-state index in [1.165, 1.54) is 18.2 Å². The average Bonchev–Trinajstić information content (AvgIpc) is 2.65. The summed E-state index contributed by atoms with van der Waals surface area (Å²) >= 11 is 0. The molecule has 0 radical (unpaired) electrons. The molecular formula is C21H27N2O2+. The second-order valence-corrected chi connectivity index (χ2v) is 6.93. The van der Waals surface area contributed by atoms with Crippen LogP contribution in [0.3, 0.4) is 0 Å². The third kappa shape index (κ3) is 4.91. The summed E-state index contributed by atoms with van der Waals surface area (Å²) in [7, 11) is 1.48. The summed E-state index contributed by atoms with van der Waals surface area (Å²) in [6, 6.07) is 21.0. The van der Waals surface area contributed by atoms with Crippen LogP contribution >= 0.6 is 0 Å². The van der Waals surface area contributed by atoms with Crippen LogP contribution in [0.2, 0.25) is 0 Å².